The van der Waals surface area contributed by atoms with Gasteiger partial charge in [-0.05, 0) is 65.5 Å². The molecule has 0 aliphatic heterocycles. The van der Waals surface area contributed by atoms with Crippen molar-refractivity contribution in [1.29, 1.82) is 0 Å². The van der Waals surface area contributed by atoms with E-state index < -0.39 is 41.5 Å². The molecule has 0 aromatic heterocycles. The standard InChI is InChI=1S/C29H39NO7/c1-28(2,3)36-26(33)30(27(34)37-29(4,5)6)24(25(32)35-20-22-15-11-8-12-16-22)19-23(31)18-17-21-13-9-7-10-14-21/h7-16,23-24,31H,17-20H2,1-6H3. The van der Waals surface area contributed by atoms with Gasteiger partial charge in [0.15, 0.2) is 0 Å². The second-order valence-electron chi connectivity index (χ2n) is 10.9. The zero-order valence-electron chi connectivity index (χ0n) is 22.6. The van der Waals surface area contributed by atoms with Crippen molar-refractivity contribution in [1.82, 2.24) is 4.90 Å². The van der Waals surface area contributed by atoms with Crippen LogP contribution in [0.4, 0.5) is 9.59 Å². The number of aliphatic hydroxyl groups is 1. The van der Waals surface area contributed by atoms with Crippen molar-refractivity contribution in [3.8, 4) is 0 Å². The number of benzene rings is 2. The van der Waals surface area contributed by atoms with Gasteiger partial charge in [0.2, 0.25) is 0 Å². The van der Waals surface area contributed by atoms with Crippen LogP contribution in [0.5, 0.6) is 0 Å². The van der Waals surface area contributed by atoms with Crippen molar-refractivity contribution in [3.63, 3.8) is 0 Å². The third-order valence-corrected chi connectivity index (χ3v) is 5.09. The van der Waals surface area contributed by atoms with Crippen LogP contribution in [-0.4, -0.2) is 51.5 Å². The summed E-state index contributed by atoms with van der Waals surface area (Å²) in [7, 11) is 0. The molecule has 0 bridgehead atoms. The molecule has 2 aromatic rings. The number of ether oxygens (including phenoxy) is 3. The summed E-state index contributed by atoms with van der Waals surface area (Å²) < 4.78 is 16.4. The molecule has 1 N–H and O–H groups in total. The summed E-state index contributed by atoms with van der Waals surface area (Å²) in [6.07, 6.45) is -2.51. The fourth-order valence-corrected chi connectivity index (χ4v) is 3.44. The summed E-state index contributed by atoms with van der Waals surface area (Å²) in [5.74, 6) is -0.848. The average Bonchev–Trinajstić information content (AvgIpc) is 2.80. The van der Waals surface area contributed by atoms with E-state index in [1.54, 1.807) is 53.7 Å². The number of aryl methyl sites for hydroxylation is 1. The van der Waals surface area contributed by atoms with E-state index in [1.807, 2.05) is 48.5 Å². The van der Waals surface area contributed by atoms with E-state index in [4.69, 9.17) is 14.2 Å². The van der Waals surface area contributed by atoms with E-state index in [0.717, 1.165) is 11.1 Å². The van der Waals surface area contributed by atoms with Crippen LogP contribution in [-0.2, 0) is 32.0 Å². The Bertz CT molecular complexity index is 982. The molecule has 8 nitrogen and oxygen atoms in total. The summed E-state index contributed by atoms with van der Waals surface area (Å²) in [6.45, 7) is 9.83. The molecule has 202 valence electrons. The number of imide groups is 1. The first-order valence-electron chi connectivity index (χ1n) is 12.4. The second kappa shape index (κ2) is 13.2. The monoisotopic (exact) mass is 513 g/mol. The van der Waals surface area contributed by atoms with Crippen LogP contribution in [0.3, 0.4) is 0 Å². The minimum atomic E-state index is -1.46. The molecule has 2 amide bonds. The number of nitrogens with zero attached hydrogens (tertiary/aromatic N) is 1. The molecule has 0 radical (unpaired) electrons. The molecule has 37 heavy (non-hydrogen) atoms. The molecule has 0 saturated heterocycles. The van der Waals surface area contributed by atoms with Gasteiger partial charge in [-0.15, -0.1) is 0 Å². The summed E-state index contributed by atoms with van der Waals surface area (Å²) in [5, 5.41) is 10.9. The first-order chi connectivity index (χ1) is 17.2. The highest BCUT2D eigenvalue weighted by atomic mass is 16.6. The van der Waals surface area contributed by atoms with Gasteiger partial charge in [0.25, 0.3) is 0 Å². The highest BCUT2D eigenvalue weighted by molar-refractivity contribution is 5.94. The molecular formula is C29H39NO7. The Kier molecular flexibility index (Phi) is 10.7. The number of esters is 1. The Morgan fingerprint density at radius 1 is 0.784 bits per heavy atom. The zero-order chi connectivity index (χ0) is 27.6. The van der Waals surface area contributed by atoms with Crippen molar-refractivity contribution in [3.05, 3.63) is 71.8 Å². The largest absolute Gasteiger partial charge is 0.459 e. The van der Waals surface area contributed by atoms with E-state index in [0.29, 0.717) is 17.7 Å². The molecule has 0 fully saturated rings. The highest BCUT2D eigenvalue weighted by Crippen LogP contribution is 2.22. The van der Waals surface area contributed by atoms with E-state index in [1.165, 1.54) is 0 Å². The quantitative estimate of drug-likeness (QED) is 0.341. The lowest BCUT2D eigenvalue weighted by atomic mass is 10.0. The Labute approximate surface area is 219 Å². The predicted molar refractivity (Wildman–Crippen MR) is 140 cm³/mol. The third-order valence-electron chi connectivity index (χ3n) is 5.09. The van der Waals surface area contributed by atoms with Gasteiger partial charge in [-0.3, -0.25) is 0 Å². The summed E-state index contributed by atoms with van der Waals surface area (Å²) in [6, 6.07) is 17.1. The number of carbonyl (C=O) groups excluding carboxylic acids is 3. The van der Waals surface area contributed by atoms with Crippen LogP contribution in [0.15, 0.2) is 60.7 Å². The number of hydrogen-bond donors (Lipinski definition) is 1. The molecule has 2 atom stereocenters. The molecule has 0 spiro atoms. The molecule has 8 heteroatoms. The third kappa shape index (κ3) is 11.0. The lowest BCUT2D eigenvalue weighted by Crippen LogP contribution is -2.53. The number of amides is 2. The average molecular weight is 514 g/mol. The lowest BCUT2D eigenvalue weighted by Gasteiger charge is -2.33. The van der Waals surface area contributed by atoms with Crippen LogP contribution >= 0.6 is 0 Å². The lowest BCUT2D eigenvalue weighted by molar-refractivity contribution is -0.152. The highest BCUT2D eigenvalue weighted by Gasteiger charge is 2.42. The van der Waals surface area contributed by atoms with Gasteiger partial charge >= 0.3 is 18.2 Å². The van der Waals surface area contributed by atoms with Crippen LogP contribution in [0.1, 0.15) is 65.5 Å². The van der Waals surface area contributed by atoms with Crippen LogP contribution < -0.4 is 0 Å². The van der Waals surface area contributed by atoms with Gasteiger partial charge < -0.3 is 19.3 Å². The maximum absolute atomic E-state index is 13.3. The molecule has 2 unspecified atom stereocenters. The van der Waals surface area contributed by atoms with Gasteiger partial charge in [0, 0.05) is 6.42 Å². The van der Waals surface area contributed by atoms with Crippen molar-refractivity contribution in [2.75, 3.05) is 0 Å². The van der Waals surface area contributed by atoms with E-state index >= 15 is 0 Å². The van der Waals surface area contributed by atoms with Crippen LogP contribution in [0, 0.1) is 0 Å². The first-order valence-corrected chi connectivity index (χ1v) is 12.4. The predicted octanol–water partition coefficient (Wildman–Crippen LogP) is 5.65. The Morgan fingerprint density at radius 2 is 1.24 bits per heavy atom. The molecule has 2 aromatic carbocycles. The summed E-state index contributed by atoms with van der Waals surface area (Å²) in [5.41, 5.74) is -0.134. The van der Waals surface area contributed by atoms with Crippen molar-refractivity contribution in [2.24, 2.45) is 0 Å². The zero-order valence-corrected chi connectivity index (χ0v) is 22.6. The van der Waals surface area contributed by atoms with E-state index in [2.05, 4.69) is 0 Å². The number of carbonyl (C=O) groups is 3. The Morgan fingerprint density at radius 3 is 1.70 bits per heavy atom. The fraction of sp³-hybridized carbons (Fsp3) is 0.483. The van der Waals surface area contributed by atoms with Gasteiger partial charge in [-0.1, -0.05) is 60.7 Å². The SMILES string of the molecule is CC(C)(C)OC(=O)N(C(=O)OC(C)(C)C)C(CC(O)CCc1ccccc1)C(=O)OCc1ccccc1. The van der Waals surface area contributed by atoms with Gasteiger partial charge in [-0.2, -0.15) is 4.90 Å². The molecular weight excluding hydrogens is 474 g/mol. The van der Waals surface area contributed by atoms with Gasteiger partial charge in [-0.25, -0.2) is 14.4 Å². The number of aliphatic hydroxyl groups excluding tert-OH is 1. The van der Waals surface area contributed by atoms with Crippen molar-refractivity contribution in [2.45, 2.75) is 90.8 Å². The fourth-order valence-electron chi connectivity index (χ4n) is 3.44. The summed E-state index contributed by atoms with van der Waals surface area (Å²) >= 11 is 0. The van der Waals surface area contributed by atoms with Gasteiger partial charge in [0.05, 0.1) is 6.10 Å². The minimum absolute atomic E-state index is 0.0627. The molecule has 0 saturated carbocycles. The van der Waals surface area contributed by atoms with Crippen molar-refractivity contribution < 1.29 is 33.7 Å². The van der Waals surface area contributed by atoms with Crippen LogP contribution in [0.25, 0.3) is 0 Å². The Hall–Kier alpha value is -3.39. The van der Waals surface area contributed by atoms with Crippen molar-refractivity contribution >= 4 is 18.2 Å². The minimum Gasteiger partial charge on any atom is -0.459 e. The number of hydrogen-bond acceptors (Lipinski definition) is 7. The summed E-state index contributed by atoms with van der Waals surface area (Å²) in [4.78, 5) is 40.3. The second-order valence-corrected chi connectivity index (χ2v) is 10.9. The molecule has 0 aliphatic rings. The molecule has 0 aliphatic carbocycles. The smallest absolute Gasteiger partial charge is 0.420 e. The number of rotatable bonds is 9. The molecule has 0 heterocycles. The van der Waals surface area contributed by atoms with E-state index in [-0.39, 0.29) is 13.0 Å². The Balaban J connectivity index is 2.32. The first kappa shape index (κ1) is 29.8. The maximum atomic E-state index is 13.3. The van der Waals surface area contributed by atoms with Gasteiger partial charge in [0.1, 0.15) is 23.9 Å². The molecule has 2 rings (SSSR count). The maximum Gasteiger partial charge on any atom is 0.420 e. The van der Waals surface area contributed by atoms with Crippen LogP contribution in [0.2, 0.25) is 0 Å². The van der Waals surface area contributed by atoms with E-state index in [9.17, 15) is 19.5 Å². The topological polar surface area (TPSA) is 102 Å². The normalized spacial score (nSPS) is 13.3.